The molecule has 158 valence electrons. The number of carbonyl (C=O) groups is 1. The van der Waals surface area contributed by atoms with Gasteiger partial charge < -0.3 is 9.32 Å². The molecule has 0 bridgehead atoms. The third-order valence-electron chi connectivity index (χ3n) is 5.41. The van der Waals surface area contributed by atoms with Crippen molar-refractivity contribution in [2.45, 2.75) is 63.8 Å². The number of aromatic nitrogens is 3. The van der Waals surface area contributed by atoms with E-state index in [1.165, 1.54) is 22.9 Å². The van der Waals surface area contributed by atoms with Crippen LogP contribution in [0.25, 0.3) is 11.6 Å². The Balaban J connectivity index is 1.42. The molecule has 1 fully saturated rings. The number of thioether (sulfide) groups is 1. The number of amides is 1. The Bertz CT molecular complexity index is 975. The van der Waals surface area contributed by atoms with Crippen LogP contribution in [0.4, 0.5) is 0 Å². The first-order valence-electron chi connectivity index (χ1n) is 10.5. The third kappa shape index (κ3) is 4.61. The van der Waals surface area contributed by atoms with Gasteiger partial charge in [0.05, 0.1) is 12.0 Å². The van der Waals surface area contributed by atoms with Crippen LogP contribution in [-0.4, -0.2) is 37.4 Å². The van der Waals surface area contributed by atoms with Gasteiger partial charge in [-0.15, -0.1) is 10.2 Å². The van der Waals surface area contributed by atoms with Crippen LogP contribution in [0.1, 0.15) is 50.7 Å². The van der Waals surface area contributed by atoms with Gasteiger partial charge in [-0.3, -0.25) is 9.36 Å². The number of nitrogens with zero attached hydrogens (tertiary/aromatic N) is 4. The van der Waals surface area contributed by atoms with Crippen LogP contribution in [0.3, 0.4) is 0 Å². The number of benzene rings is 1. The number of carbonyl (C=O) groups excluding carboxylic acids is 1. The SMILES string of the molecule is CCn1c(SCC(=O)N(Cc2ccc(C(C)C)cc2)C2CC2)nnc1-c1ccco1. The van der Waals surface area contributed by atoms with Crippen LogP contribution in [-0.2, 0) is 17.9 Å². The molecule has 1 aromatic carbocycles. The summed E-state index contributed by atoms with van der Waals surface area (Å²) in [5, 5.41) is 9.30. The van der Waals surface area contributed by atoms with Gasteiger partial charge in [-0.05, 0) is 48.9 Å². The van der Waals surface area contributed by atoms with Gasteiger partial charge in [0.15, 0.2) is 16.7 Å². The molecule has 4 rings (SSSR count). The lowest BCUT2D eigenvalue weighted by Crippen LogP contribution is -2.34. The lowest BCUT2D eigenvalue weighted by atomic mass is 10.0. The number of hydrogen-bond acceptors (Lipinski definition) is 5. The third-order valence-corrected chi connectivity index (χ3v) is 6.36. The Kier molecular flexibility index (Phi) is 6.27. The lowest BCUT2D eigenvalue weighted by Gasteiger charge is -2.22. The molecule has 0 aliphatic heterocycles. The summed E-state index contributed by atoms with van der Waals surface area (Å²) in [6.07, 6.45) is 3.81. The summed E-state index contributed by atoms with van der Waals surface area (Å²) in [5.41, 5.74) is 2.51. The van der Waals surface area contributed by atoms with E-state index in [4.69, 9.17) is 4.42 Å². The zero-order valence-corrected chi connectivity index (χ0v) is 18.6. The maximum atomic E-state index is 13.0. The maximum Gasteiger partial charge on any atom is 0.233 e. The molecule has 7 heteroatoms. The molecule has 1 aliphatic rings. The smallest absolute Gasteiger partial charge is 0.233 e. The van der Waals surface area contributed by atoms with Crippen molar-refractivity contribution < 1.29 is 9.21 Å². The minimum Gasteiger partial charge on any atom is -0.461 e. The lowest BCUT2D eigenvalue weighted by molar-refractivity contribution is -0.129. The molecule has 0 spiro atoms. The molecule has 0 saturated heterocycles. The zero-order chi connectivity index (χ0) is 21.1. The van der Waals surface area contributed by atoms with Crippen molar-refractivity contribution in [3.05, 3.63) is 53.8 Å². The van der Waals surface area contributed by atoms with Gasteiger partial charge in [0.2, 0.25) is 5.91 Å². The van der Waals surface area contributed by atoms with Crippen LogP contribution in [0, 0.1) is 0 Å². The second-order valence-corrected chi connectivity index (χ2v) is 8.91. The van der Waals surface area contributed by atoms with E-state index in [9.17, 15) is 4.79 Å². The van der Waals surface area contributed by atoms with E-state index < -0.39 is 0 Å². The number of hydrogen-bond donors (Lipinski definition) is 0. The Hall–Kier alpha value is -2.54. The van der Waals surface area contributed by atoms with Crippen LogP contribution in [0.2, 0.25) is 0 Å². The molecule has 3 aromatic rings. The van der Waals surface area contributed by atoms with Gasteiger partial charge >= 0.3 is 0 Å². The average molecular weight is 425 g/mol. The number of rotatable bonds is 9. The summed E-state index contributed by atoms with van der Waals surface area (Å²) in [5.74, 6) is 2.41. The van der Waals surface area contributed by atoms with Crippen molar-refractivity contribution in [2.75, 3.05) is 5.75 Å². The first-order chi connectivity index (χ1) is 14.6. The standard InChI is InChI=1S/C23H28N4O2S/c1-4-26-22(20-6-5-13-29-20)24-25-23(26)30-15-21(28)27(19-11-12-19)14-17-7-9-18(10-8-17)16(2)3/h5-10,13,16,19H,4,11-12,14-15H2,1-3H3. The molecule has 1 aliphatic carbocycles. The van der Waals surface area contributed by atoms with E-state index in [2.05, 4.69) is 48.3 Å². The fourth-order valence-corrected chi connectivity index (χ4v) is 4.38. The fourth-order valence-electron chi connectivity index (χ4n) is 3.49. The van der Waals surface area contributed by atoms with Crippen LogP contribution in [0.5, 0.6) is 0 Å². The summed E-state index contributed by atoms with van der Waals surface area (Å²) in [6, 6.07) is 12.7. The molecule has 30 heavy (non-hydrogen) atoms. The van der Waals surface area contributed by atoms with Gasteiger partial charge in [0.25, 0.3) is 0 Å². The van der Waals surface area contributed by atoms with Gasteiger partial charge in [0, 0.05) is 19.1 Å². The van der Waals surface area contributed by atoms with Crippen molar-refractivity contribution in [1.29, 1.82) is 0 Å². The second-order valence-electron chi connectivity index (χ2n) is 7.97. The largest absolute Gasteiger partial charge is 0.461 e. The highest BCUT2D eigenvalue weighted by atomic mass is 32.2. The highest BCUT2D eigenvalue weighted by Gasteiger charge is 2.32. The topological polar surface area (TPSA) is 64.2 Å². The molecular formula is C23H28N4O2S. The first-order valence-corrected chi connectivity index (χ1v) is 11.5. The minimum atomic E-state index is 0.153. The molecule has 6 nitrogen and oxygen atoms in total. The van der Waals surface area contributed by atoms with Gasteiger partial charge in [-0.2, -0.15) is 0 Å². The highest BCUT2D eigenvalue weighted by molar-refractivity contribution is 7.99. The van der Waals surface area contributed by atoms with Crippen molar-refractivity contribution in [3.8, 4) is 11.6 Å². The molecule has 0 atom stereocenters. The van der Waals surface area contributed by atoms with Crippen molar-refractivity contribution >= 4 is 17.7 Å². The summed E-state index contributed by atoms with van der Waals surface area (Å²) in [4.78, 5) is 15.1. The Labute approximate surface area is 181 Å². The molecule has 1 amide bonds. The van der Waals surface area contributed by atoms with E-state index in [0.717, 1.165) is 18.0 Å². The summed E-state index contributed by atoms with van der Waals surface area (Å²) in [7, 11) is 0. The highest BCUT2D eigenvalue weighted by Crippen LogP contribution is 2.30. The zero-order valence-electron chi connectivity index (χ0n) is 17.7. The quantitative estimate of drug-likeness (QED) is 0.454. The van der Waals surface area contributed by atoms with E-state index in [-0.39, 0.29) is 5.91 Å². The second kappa shape index (κ2) is 9.08. The van der Waals surface area contributed by atoms with Crippen LogP contribution in [0.15, 0.2) is 52.2 Å². The fraction of sp³-hybridized carbons (Fsp3) is 0.435. The van der Waals surface area contributed by atoms with Gasteiger partial charge in [-0.1, -0.05) is 49.9 Å². The van der Waals surface area contributed by atoms with E-state index in [0.29, 0.717) is 42.4 Å². The van der Waals surface area contributed by atoms with Crippen molar-refractivity contribution in [1.82, 2.24) is 19.7 Å². The molecule has 0 N–H and O–H groups in total. The Morgan fingerprint density at radius 3 is 2.60 bits per heavy atom. The number of furan rings is 1. The van der Waals surface area contributed by atoms with E-state index in [1.807, 2.05) is 28.5 Å². The summed E-state index contributed by atoms with van der Waals surface area (Å²) >= 11 is 1.44. The monoisotopic (exact) mass is 424 g/mol. The first kappa shape index (κ1) is 20.7. The van der Waals surface area contributed by atoms with E-state index >= 15 is 0 Å². The Morgan fingerprint density at radius 1 is 1.23 bits per heavy atom. The van der Waals surface area contributed by atoms with Gasteiger partial charge in [0.1, 0.15) is 0 Å². The maximum absolute atomic E-state index is 13.0. The molecule has 1 saturated carbocycles. The van der Waals surface area contributed by atoms with Crippen LogP contribution < -0.4 is 0 Å². The predicted octanol–water partition coefficient (Wildman–Crippen LogP) is 4.96. The van der Waals surface area contributed by atoms with Gasteiger partial charge in [-0.25, -0.2) is 0 Å². The van der Waals surface area contributed by atoms with Crippen molar-refractivity contribution in [3.63, 3.8) is 0 Å². The normalized spacial score (nSPS) is 13.7. The molecule has 2 heterocycles. The van der Waals surface area contributed by atoms with Crippen LogP contribution >= 0.6 is 11.8 Å². The molecule has 0 radical (unpaired) electrons. The summed E-state index contributed by atoms with van der Waals surface area (Å²) in [6.45, 7) is 7.81. The van der Waals surface area contributed by atoms with E-state index in [1.54, 1.807) is 6.26 Å². The molecular weight excluding hydrogens is 396 g/mol. The minimum absolute atomic E-state index is 0.153. The molecule has 2 aromatic heterocycles. The Morgan fingerprint density at radius 2 is 2.00 bits per heavy atom. The summed E-state index contributed by atoms with van der Waals surface area (Å²) < 4.78 is 7.45. The predicted molar refractivity (Wildman–Crippen MR) is 118 cm³/mol. The van der Waals surface area contributed by atoms with Crippen molar-refractivity contribution in [2.24, 2.45) is 0 Å². The average Bonchev–Trinajstić information content (AvgIpc) is 3.28. The molecule has 0 unspecified atom stereocenters.